The zero-order chi connectivity index (χ0) is 5.28. The maximum Gasteiger partial charge on any atom is 2.00 e. The first-order valence-corrected chi connectivity index (χ1v) is 1.73. The average molecular weight is 124 g/mol. The van der Waals surface area contributed by atoms with Crippen LogP contribution in [0.5, 0.6) is 0 Å². The van der Waals surface area contributed by atoms with Gasteiger partial charge in [0.2, 0.25) is 0 Å². The van der Waals surface area contributed by atoms with Crippen LogP contribution in [-0.4, -0.2) is 35.0 Å². The Hall–Kier alpha value is -0.354. The van der Waals surface area contributed by atoms with Gasteiger partial charge in [-0.15, -0.1) is 0 Å². The summed E-state index contributed by atoms with van der Waals surface area (Å²) in [6.07, 6.45) is 2.17. The van der Waals surface area contributed by atoms with Crippen LogP contribution in [0.25, 0.3) is 0 Å². The zero-order valence-electron chi connectivity index (χ0n) is 6.09. The number of cyclic esters (lactones) is 2. The molecule has 0 aromatic carbocycles. The molecule has 0 atom stereocenters. The number of esters is 2. The Balaban J connectivity index is -0.000000163. The van der Waals surface area contributed by atoms with Crippen LogP contribution in [0.3, 0.4) is 0 Å². The Morgan fingerprint density at radius 3 is 1.75 bits per heavy atom. The molecule has 0 aliphatic carbocycles. The number of hydrogen-bond donors (Lipinski definition) is 0. The molecule has 0 aromatic heterocycles. The molecule has 0 saturated heterocycles. The fourth-order valence-corrected chi connectivity index (χ4v) is 0.303. The molecule has 0 spiro atoms. The Morgan fingerprint density at radius 1 is 1.25 bits per heavy atom. The number of carbonyl (C=O) groups excluding carboxylic acids is 2. The monoisotopic (exact) mass is 124 g/mol. The van der Waals surface area contributed by atoms with Gasteiger partial charge in [-0.2, -0.15) is 0 Å². The van der Waals surface area contributed by atoms with Crippen molar-refractivity contribution in [2.24, 2.45) is 0 Å². The fraction of sp³-hybridized carbons (Fsp3) is 0. The largest absolute Gasteiger partial charge is 2.00 e. The van der Waals surface area contributed by atoms with Crippen molar-refractivity contribution in [2.75, 3.05) is 0 Å². The summed E-state index contributed by atoms with van der Waals surface area (Å²) < 4.78 is 3.97. The van der Waals surface area contributed by atoms with Crippen molar-refractivity contribution in [3.8, 4) is 0 Å². The SMILES string of the molecule is O=C1C=CC(=O)O1.[H-].[H-].[Mg+2]. The van der Waals surface area contributed by atoms with Crippen LogP contribution in [0.4, 0.5) is 0 Å². The molecule has 40 valence electrons. The van der Waals surface area contributed by atoms with Crippen molar-refractivity contribution in [2.45, 2.75) is 0 Å². The second-order valence-electron chi connectivity index (χ2n) is 1.07. The van der Waals surface area contributed by atoms with E-state index in [1.807, 2.05) is 0 Å². The average Bonchev–Trinajstić information content (AvgIpc) is 1.87. The van der Waals surface area contributed by atoms with Crippen molar-refractivity contribution in [3.63, 3.8) is 0 Å². The maximum atomic E-state index is 9.92. The molecule has 8 heavy (non-hydrogen) atoms. The van der Waals surface area contributed by atoms with E-state index in [9.17, 15) is 9.59 Å². The van der Waals surface area contributed by atoms with E-state index in [0.717, 1.165) is 12.2 Å². The summed E-state index contributed by atoms with van der Waals surface area (Å²) in [5.41, 5.74) is 0. The Morgan fingerprint density at radius 2 is 1.62 bits per heavy atom. The molecule has 0 N–H and O–H groups in total. The van der Waals surface area contributed by atoms with Crippen LogP contribution in [-0.2, 0) is 14.3 Å². The Bertz CT molecular complexity index is 141. The molecule has 0 aromatic rings. The molecular formula is C4H4MgO3. The maximum absolute atomic E-state index is 9.92. The van der Waals surface area contributed by atoms with E-state index >= 15 is 0 Å². The molecule has 4 heteroatoms. The Labute approximate surface area is 64.8 Å². The fourth-order valence-electron chi connectivity index (χ4n) is 0.303. The first-order chi connectivity index (χ1) is 3.29. The first kappa shape index (κ1) is 7.65. The molecule has 0 radical (unpaired) electrons. The third kappa shape index (κ3) is 1.63. The van der Waals surface area contributed by atoms with Crippen LogP contribution < -0.4 is 0 Å². The van der Waals surface area contributed by atoms with Crippen molar-refractivity contribution in [1.82, 2.24) is 0 Å². The van der Waals surface area contributed by atoms with Crippen LogP contribution in [0.2, 0.25) is 0 Å². The van der Waals surface area contributed by atoms with Gasteiger partial charge in [0.15, 0.2) is 0 Å². The molecule has 0 bridgehead atoms. The van der Waals surface area contributed by atoms with Gasteiger partial charge in [0.05, 0.1) is 0 Å². The van der Waals surface area contributed by atoms with Gasteiger partial charge in [-0.1, -0.05) is 0 Å². The van der Waals surface area contributed by atoms with E-state index in [1.54, 1.807) is 0 Å². The van der Waals surface area contributed by atoms with Crippen molar-refractivity contribution in [1.29, 1.82) is 0 Å². The number of ether oxygens (including phenoxy) is 1. The van der Waals surface area contributed by atoms with E-state index in [4.69, 9.17) is 0 Å². The molecular weight excluding hydrogens is 120 g/mol. The normalized spacial score (nSPS) is 15.5. The second-order valence-corrected chi connectivity index (χ2v) is 1.07. The van der Waals surface area contributed by atoms with Gasteiger partial charge in [-0.3, -0.25) is 0 Å². The van der Waals surface area contributed by atoms with Crippen molar-refractivity contribution in [3.05, 3.63) is 12.2 Å². The summed E-state index contributed by atoms with van der Waals surface area (Å²) in [6.45, 7) is 0. The molecule has 0 saturated carbocycles. The third-order valence-electron chi connectivity index (χ3n) is 0.557. The van der Waals surface area contributed by atoms with Crippen molar-refractivity contribution >= 4 is 35.0 Å². The first-order valence-electron chi connectivity index (χ1n) is 1.73. The van der Waals surface area contributed by atoms with Crippen molar-refractivity contribution < 1.29 is 17.2 Å². The summed E-state index contributed by atoms with van der Waals surface area (Å²) in [6, 6.07) is 0. The topological polar surface area (TPSA) is 43.4 Å². The van der Waals surface area contributed by atoms with Gasteiger partial charge in [-0.05, 0) is 0 Å². The van der Waals surface area contributed by atoms with Crippen LogP contribution >= 0.6 is 0 Å². The van der Waals surface area contributed by atoms with Gasteiger partial charge < -0.3 is 7.59 Å². The molecule has 0 fully saturated rings. The number of carbonyl (C=O) groups is 2. The molecule has 0 unspecified atom stereocenters. The van der Waals surface area contributed by atoms with E-state index in [0.29, 0.717) is 0 Å². The van der Waals surface area contributed by atoms with Gasteiger partial charge in [0.1, 0.15) is 0 Å². The second kappa shape index (κ2) is 2.83. The quantitative estimate of drug-likeness (QED) is 0.248. The van der Waals surface area contributed by atoms with Crippen LogP contribution in [0, 0.1) is 0 Å². The molecule has 1 aliphatic rings. The molecule has 1 heterocycles. The molecule has 1 rings (SSSR count). The summed E-state index contributed by atoms with van der Waals surface area (Å²) in [5, 5.41) is 0. The Kier molecular flexibility index (Phi) is 2.71. The van der Waals surface area contributed by atoms with Gasteiger partial charge in [0.25, 0.3) is 0 Å². The van der Waals surface area contributed by atoms with E-state index < -0.39 is 11.9 Å². The van der Waals surface area contributed by atoms with Gasteiger partial charge in [0, 0.05) is 12.2 Å². The zero-order valence-corrected chi connectivity index (χ0v) is 5.50. The molecule has 1 aliphatic heterocycles. The van der Waals surface area contributed by atoms with Gasteiger partial charge in [-0.25, -0.2) is 9.59 Å². The summed E-state index contributed by atoms with van der Waals surface area (Å²) >= 11 is 0. The van der Waals surface area contributed by atoms with Crippen LogP contribution in [0.1, 0.15) is 2.85 Å². The number of hydrogen-bond acceptors (Lipinski definition) is 3. The van der Waals surface area contributed by atoms with E-state index in [-0.39, 0.29) is 25.9 Å². The smallest absolute Gasteiger partial charge is 1.00 e. The predicted octanol–water partition coefficient (Wildman–Crippen LogP) is -0.530. The molecule has 0 amide bonds. The number of rotatable bonds is 0. The summed E-state index contributed by atoms with van der Waals surface area (Å²) in [7, 11) is 0. The summed E-state index contributed by atoms with van der Waals surface area (Å²) in [4.78, 5) is 19.8. The minimum Gasteiger partial charge on any atom is -1.00 e. The predicted molar refractivity (Wildman–Crippen MR) is 28.2 cm³/mol. The minimum absolute atomic E-state index is 0. The minimum atomic E-state index is -0.579. The van der Waals surface area contributed by atoms with E-state index in [1.165, 1.54) is 0 Å². The van der Waals surface area contributed by atoms with E-state index in [2.05, 4.69) is 4.74 Å². The molecule has 3 nitrogen and oxygen atoms in total. The van der Waals surface area contributed by atoms with Crippen LogP contribution in [0.15, 0.2) is 12.2 Å². The standard InChI is InChI=1S/C4H2O3.Mg.2H/c5-3-1-2-4(6)7-3;;;/h1-2H;;;/q;+2;2*-1. The summed E-state index contributed by atoms with van der Waals surface area (Å²) in [5.74, 6) is -1.16. The third-order valence-corrected chi connectivity index (χ3v) is 0.557. The van der Waals surface area contributed by atoms with Gasteiger partial charge >= 0.3 is 35.0 Å².